The molecule has 0 aliphatic heterocycles. The van der Waals surface area contributed by atoms with Crippen molar-refractivity contribution >= 4 is 0 Å². The van der Waals surface area contributed by atoms with Crippen LogP contribution in [0.3, 0.4) is 0 Å². The normalized spacial score (nSPS) is 13.3. The third-order valence-electron chi connectivity index (χ3n) is 3.40. The monoisotopic (exact) mass is 294 g/mol. The molecule has 0 aliphatic rings. The van der Waals surface area contributed by atoms with E-state index in [-0.39, 0.29) is 0 Å². The van der Waals surface area contributed by atoms with Crippen molar-refractivity contribution in [3.63, 3.8) is 0 Å². The van der Waals surface area contributed by atoms with Crippen molar-refractivity contribution in [2.24, 2.45) is 5.73 Å². The number of benzene rings is 1. The van der Waals surface area contributed by atoms with Gasteiger partial charge in [0.1, 0.15) is 0 Å². The summed E-state index contributed by atoms with van der Waals surface area (Å²) in [4.78, 5) is 4.27. The Kier molecular flexibility index (Phi) is 4.05. The van der Waals surface area contributed by atoms with E-state index < -0.39 is 17.8 Å². The van der Waals surface area contributed by atoms with E-state index in [0.717, 1.165) is 29.1 Å². The largest absolute Gasteiger partial charge is 0.416 e. The molecule has 2 aromatic rings. The van der Waals surface area contributed by atoms with E-state index in [0.29, 0.717) is 11.1 Å². The molecular weight excluding hydrogens is 277 g/mol. The van der Waals surface area contributed by atoms with Gasteiger partial charge in [0.05, 0.1) is 11.6 Å². The zero-order chi connectivity index (χ0) is 15.8. The molecule has 2 N–H and O–H groups in total. The van der Waals surface area contributed by atoms with Gasteiger partial charge in [-0.2, -0.15) is 13.2 Å². The molecule has 0 aliphatic carbocycles. The van der Waals surface area contributed by atoms with Crippen LogP contribution in [0.2, 0.25) is 0 Å². The maximum atomic E-state index is 12.7. The summed E-state index contributed by atoms with van der Waals surface area (Å²) in [5, 5.41) is 0. The highest BCUT2D eigenvalue weighted by atomic mass is 19.4. The van der Waals surface area contributed by atoms with E-state index >= 15 is 0 Å². The smallest absolute Gasteiger partial charge is 0.320 e. The van der Waals surface area contributed by atoms with E-state index in [9.17, 15) is 13.2 Å². The molecule has 1 aromatic carbocycles. The highest BCUT2D eigenvalue weighted by Gasteiger charge is 2.31. The Morgan fingerprint density at radius 1 is 1.00 bits per heavy atom. The minimum atomic E-state index is -4.34. The number of aryl methyl sites for hydroxylation is 3. The summed E-state index contributed by atoms with van der Waals surface area (Å²) < 4.78 is 38.1. The number of alkyl halides is 3. The highest BCUT2D eigenvalue weighted by Crippen LogP contribution is 2.32. The SMILES string of the molecule is Cc1cc(C(N)c2ccc(C(F)(F)F)cc2C)cc(C)n1. The second-order valence-electron chi connectivity index (χ2n) is 5.23. The molecule has 2 rings (SSSR count). The Bertz CT molecular complexity index is 643. The summed E-state index contributed by atoms with van der Waals surface area (Å²) in [6, 6.07) is 6.91. The zero-order valence-electron chi connectivity index (χ0n) is 12.1. The fourth-order valence-corrected chi connectivity index (χ4v) is 2.43. The second kappa shape index (κ2) is 5.48. The molecule has 5 heteroatoms. The van der Waals surface area contributed by atoms with Crippen LogP contribution >= 0.6 is 0 Å². The van der Waals surface area contributed by atoms with Gasteiger partial charge in [-0.25, -0.2) is 0 Å². The lowest BCUT2D eigenvalue weighted by atomic mass is 9.94. The quantitative estimate of drug-likeness (QED) is 0.906. The summed E-state index contributed by atoms with van der Waals surface area (Å²) in [6.07, 6.45) is -4.34. The van der Waals surface area contributed by atoms with E-state index in [2.05, 4.69) is 4.98 Å². The highest BCUT2D eigenvalue weighted by molar-refractivity contribution is 5.40. The number of pyridine rings is 1. The molecule has 0 saturated carbocycles. The molecule has 1 unspecified atom stereocenters. The molecule has 0 fully saturated rings. The van der Waals surface area contributed by atoms with Gasteiger partial charge in [0.2, 0.25) is 0 Å². The zero-order valence-corrected chi connectivity index (χ0v) is 12.1. The van der Waals surface area contributed by atoms with Gasteiger partial charge >= 0.3 is 6.18 Å². The molecule has 21 heavy (non-hydrogen) atoms. The van der Waals surface area contributed by atoms with Gasteiger partial charge in [0.15, 0.2) is 0 Å². The Morgan fingerprint density at radius 2 is 1.57 bits per heavy atom. The van der Waals surface area contributed by atoms with Crippen molar-refractivity contribution < 1.29 is 13.2 Å². The van der Waals surface area contributed by atoms with Crippen molar-refractivity contribution in [2.75, 3.05) is 0 Å². The average Bonchev–Trinajstić information content (AvgIpc) is 2.35. The predicted octanol–water partition coefficient (Wildman–Crippen LogP) is 4.07. The van der Waals surface area contributed by atoms with Gasteiger partial charge in [-0.1, -0.05) is 6.07 Å². The van der Waals surface area contributed by atoms with Crippen LogP contribution in [-0.2, 0) is 6.18 Å². The molecule has 112 valence electrons. The lowest BCUT2D eigenvalue weighted by molar-refractivity contribution is -0.137. The summed E-state index contributed by atoms with van der Waals surface area (Å²) in [6.45, 7) is 5.37. The summed E-state index contributed by atoms with van der Waals surface area (Å²) in [5.41, 5.74) is 9.30. The van der Waals surface area contributed by atoms with Crippen LogP contribution in [0.5, 0.6) is 0 Å². The lowest BCUT2D eigenvalue weighted by Crippen LogP contribution is -2.15. The maximum absolute atomic E-state index is 12.7. The van der Waals surface area contributed by atoms with Crippen LogP contribution in [-0.4, -0.2) is 4.98 Å². The van der Waals surface area contributed by atoms with Gasteiger partial charge in [-0.3, -0.25) is 4.98 Å². The molecule has 1 heterocycles. The van der Waals surface area contributed by atoms with Gasteiger partial charge in [-0.15, -0.1) is 0 Å². The van der Waals surface area contributed by atoms with Crippen molar-refractivity contribution in [3.8, 4) is 0 Å². The molecule has 2 nitrogen and oxygen atoms in total. The Labute approximate surface area is 121 Å². The number of nitrogens with two attached hydrogens (primary N) is 1. The first kappa shape index (κ1) is 15.5. The Morgan fingerprint density at radius 3 is 2.05 bits per heavy atom. The topological polar surface area (TPSA) is 38.9 Å². The molecule has 0 bridgehead atoms. The van der Waals surface area contributed by atoms with Crippen LogP contribution in [0.25, 0.3) is 0 Å². The fraction of sp³-hybridized carbons (Fsp3) is 0.312. The minimum Gasteiger partial charge on any atom is -0.320 e. The van der Waals surface area contributed by atoms with Crippen molar-refractivity contribution in [2.45, 2.75) is 33.0 Å². The number of hydrogen-bond donors (Lipinski definition) is 1. The lowest BCUT2D eigenvalue weighted by Gasteiger charge is -2.18. The van der Waals surface area contributed by atoms with E-state index in [4.69, 9.17) is 5.73 Å². The first-order valence-corrected chi connectivity index (χ1v) is 6.57. The van der Waals surface area contributed by atoms with Crippen molar-refractivity contribution in [1.82, 2.24) is 4.98 Å². The summed E-state index contributed by atoms with van der Waals surface area (Å²) in [7, 11) is 0. The standard InChI is InChI=1S/C16H17F3N2/c1-9-6-13(16(17,18)19)4-5-14(9)15(20)12-7-10(2)21-11(3)8-12/h4-8,15H,20H2,1-3H3. The Balaban J connectivity index is 2.42. The molecule has 0 amide bonds. The van der Waals surface area contributed by atoms with Crippen LogP contribution in [0.15, 0.2) is 30.3 Å². The minimum absolute atomic E-state index is 0.465. The Hall–Kier alpha value is -1.88. The third-order valence-corrected chi connectivity index (χ3v) is 3.40. The summed E-state index contributed by atoms with van der Waals surface area (Å²) in [5.74, 6) is 0. The predicted molar refractivity (Wildman–Crippen MR) is 75.9 cm³/mol. The number of hydrogen-bond acceptors (Lipinski definition) is 2. The van der Waals surface area contributed by atoms with Crippen LogP contribution in [0.1, 0.15) is 39.7 Å². The molecule has 0 radical (unpaired) electrons. The van der Waals surface area contributed by atoms with Gasteiger partial charge < -0.3 is 5.73 Å². The first-order valence-electron chi connectivity index (χ1n) is 6.57. The van der Waals surface area contributed by atoms with E-state index in [1.54, 1.807) is 6.92 Å². The van der Waals surface area contributed by atoms with Gasteiger partial charge in [0.25, 0.3) is 0 Å². The average molecular weight is 294 g/mol. The second-order valence-corrected chi connectivity index (χ2v) is 5.23. The van der Waals surface area contributed by atoms with E-state index in [1.165, 1.54) is 6.07 Å². The van der Waals surface area contributed by atoms with E-state index in [1.807, 2.05) is 26.0 Å². The maximum Gasteiger partial charge on any atom is 0.416 e. The number of aromatic nitrogens is 1. The molecule has 0 saturated heterocycles. The molecular formula is C16H17F3N2. The third kappa shape index (κ3) is 3.42. The van der Waals surface area contributed by atoms with Crippen LogP contribution < -0.4 is 5.73 Å². The van der Waals surface area contributed by atoms with Crippen molar-refractivity contribution in [3.05, 3.63) is 64.0 Å². The van der Waals surface area contributed by atoms with Crippen LogP contribution in [0.4, 0.5) is 13.2 Å². The number of rotatable bonds is 2. The number of halogens is 3. The molecule has 1 atom stereocenters. The van der Waals surface area contributed by atoms with Crippen LogP contribution in [0, 0.1) is 20.8 Å². The number of nitrogens with zero attached hydrogens (tertiary/aromatic N) is 1. The van der Waals surface area contributed by atoms with Gasteiger partial charge in [-0.05, 0) is 61.7 Å². The molecule has 1 aromatic heterocycles. The van der Waals surface area contributed by atoms with Gasteiger partial charge in [0, 0.05) is 11.4 Å². The first-order chi connectivity index (χ1) is 9.68. The fourth-order valence-electron chi connectivity index (χ4n) is 2.43. The van der Waals surface area contributed by atoms with Crippen molar-refractivity contribution in [1.29, 1.82) is 0 Å². The molecule has 0 spiro atoms. The summed E-state index contributed by atoms with van der Waals surface area (Å²) >= 11 is 0.